The molecule has 1 heterocycles. The molecule has 0 amide bonds. The molecule has 1 aromatic heterocycles. The summed E-state index contributed by atoms with van der Waals surface area (Å²) in [7, 11) is 0. The van der Waals surface area contributed by atoms with E-state index in [1.54, 1.807) is 38.1 Å². The quantitative estimate of drug-likeness (QED) is 0.686. The van der Waals surface area contributed by atoms with Gasteiger partial charge in [0, 0.05) is 17.3 Å². The highest BCUT2D eigenvalue weighted by Gasteiger charge is 2.10. The fourth-order valence-corrected chi connectivity index (χ4v) is 2.42. The first-order valence-corrected chi connectivity index (χ1v) is 8.26. The van der Waals surface area contributed by atoms with Crippen LogP contribution in [0.5, 0.6) is 0 Å². The van der Waals surface area contributed by atoms with E-state index in [9.17, 15) is 9.59 Å². The minimum atomic E-state index is -0.400. The van der Waals surface area contributed by atoms with Crippen molar-refractivity contribution in [2.75, 3.05) is 5.32 Å². The summed E-state index contributed by atoms with van der Waals surface area (Å²) in [6.45, 7) is 3.59. The zero-order valence-electron chi connectivity index (χ0n) is 14.5. The molecule has 0 saturated heterocycles. The van der Waals surface area contributed by atoms with Gasteiger partial charge in [-0.15, -0.1) is 0 Å². The maximum atomic E-state index is 12.0. The molecule has 132 valence electrons. The number of benzene rings is 2. The van der Waals surface area contributed by atoms with Crippen molar-refractivity contribution in [1.82, 2.24) is 9.97 Å². The summed E-state index contributed by atoms with van der Waals surface area (Å²) in [6, 6.07) is 17.7. The van der Waals surface area contributed by atoms with Crippen LogP contribution in [0.2, 0.25) is 0 Å². The third-order valence-electron chi connectivity index (χ3n) is 3.51. The number of anilines is 2. The average Bonchev–Trinajstić information content (AvgIpc) is 2.61. The number of aromatic amines is 1. The number of nitrogens with one attached hydrogen (secondary N) is 2. The molecule has 0 unspecified atom stereocenters. The van der Waals surface area contributed by atoms with Crippen LogP contribution in [-0.2, 0) is 4.74 Å². The van der Waals surface area contributed by atoms with Gasteiger partial charge in [0.2, 0.25) is 5.95 Å². The Morgan fingerprint density at radius 2 is 1.85 bits per heavy atom. The standard InChI is InChI=1S/C20H19N3O3/c1-13(2)26-19(25)15-9-6-10-16(11-15)21-20-22-17(12-18(24)23-20)14-7-4-3-5-8-14/h3-13H,1-2H3,(H2,21,22,23,24). The van der Waals surface area contributed by atoms with Crippen molar-refractivity contribution >= 4 is 17.6 Å². The Labute approximate surface area is 150 Å². The third kappa shape index (κ3) is 4.36. The third-order valence-corrected chi connectivity index (χ3v) is 3.51. The van der Waals surface area contributed by atoms with E-state index in [0.29, 0.717) is 22.9 Å². The van der Waals surface area contributed by atoms with Gasteiger partial charge in [-0.1, -0.05) is 36.4 Å². The molecule has 0 spiro atoms. The van der Waals surface area contributed by atoms with Gasteiger partial charge < -0.3 is 10.1 Å². The molecule has 0 fully saturated rings. The molecule has 2 aromatic carbocycles. The van der Waals surface area contributed by atoms with E-state index in [4.69, 9.17) is 4.74 Å². The fraction of sp³-hybridized carbons (Fsp3) is 0.150. The highest BCUT2D eigenvalue weighted by atomic mass is 16.5. The van der Waals surface area contributed by atoms with E-state index >= 15 is 0 Å². The first-order valence-electron chi connectivity index (χ1n) is 8.26. The van der Waals surface area contributed by atoms with Crippen molar-refractivity contribution in [3.8, 4) is 11.3 Å². The summed E-state index contributed by atoms with van der Waals surface area (Å²) in [5.74, 6) is -0.103. The SMILES string of the molecule is CC(C)OC(=O)c1cccc(Nc2nc(-c3ccccc3)cc(=O)[nH]2)c1. The molecular weight excluding hydrogens is 330 g/mol. The van der Waals surface area contributed by atoms with Crippen molar-refractivity contribution in [3.63, 3.8) is 0 Å². The number of H-pyrrole nitrogens is 1. The number of hydrogen-bond acceptors (Lipinski definition) is 5. The lowest BCUT2D eigenvalue weighted by atomic mass is 10.1. The molecule has 2 N–H and O–H groups in total. The number of carbonyl (C=O) groups excluding carboxylic acids is 1. The molecule has 0 aliphatic heterocycles. The van der Waals surface area contributed by atoms with E-state index in [1.807, 2.05) is 30.3 Å². The van der Waals surface area contributed by atoms with Crippen LogP contribution in [0.4, 0.5) is 11.6 Å². The lowest BCUT2D eigenvalue weighted by Gasteiger charge is -2.10. The van der Waals surface area contributed by atoms with Crippen molar-refractivity contribution in [2.45, 2.75) is 20.0 Å². The monoisotopic (exact) mass is 349 g/mol. The number of esters is 1. The molecule has 3 rings (SSSR count). The summed E-state index contributed by atoms with van der Waals surface area (Å²) in [5.41, 5.74) is 2.18. The zero-order chi connectivity index (χ0) is 18.5. The zero-order valence-corrected chi connectivity index (χ0v) is 14.5. The van der Waals surface area contributed by atoms with Gasteiger partial charge in [-0.25, -0.2) is 9.78 Å². The fourth-order valence-electron chi connectivity index (χ4n) is 2.42. The van der Waals surface area contributed by atoms with Crippen LogP contribution in [-0.4, -0.2) is 22.0 Å². The Morgan fingerprint density at radius 3 is 2.58 bits per heavy atom. The van der Waals surface area contributed by atoms with Gasteiger partial charge in [-0.05, 0) is 32.0 Å². The number of nitrogens with zero attached hydrogens (tertiary/aromatic N) is 1. The molecule has 6 heteroatoms. The van der Waals surface area contributed by atoms with E-state index in [2.05, 4.69) is 15.3 Å². The first kappa shape index (κ1) is 17.4. The van der Waals surface area contributed by atoms with Gasteiger partial charge in [-0.3, -0.25) is 9.78 Å². The predicted octanol–water partition coefficient (Wildman–Crippen LogP) is 3.75. The number of carbonyl (C=O) groups is 1. The van der Waals surface area contributed by atoms with Crippen molar-refractivity contribution in [2.24, 2.45) is 0 Å². The molecule has 3 aromatic rings. The average molecular weight is 349 g/mol. The van der Waals surface area contributed by atoms with E-state index < -0.39 is 5.97 Å². The molecule has 0 aliphatic carbocycles. The first-order chi connectivity index (χ1) is 12.5. The molecule has 6 nitrogen and oxygen atoms in total. The largest absolute Gasteiger partial charge is 0.459 e. The van der Waals surface area contributed by atoms with Crippen molar-refractivity contribution < 1.29 is 9.53 Å². The molecule has 0 atom stereocenters. The molecule has 26 heavy (non-hydrogen) atoms. The predicted molar refractivity (Wildman–Crippen MR) is 101 cm³/mol. The van der Waals surface area contributed by atoms with Gasteiger partial charge in [0.25, 0.3) is 5.56 Å². The molecule has 0 radical (unpaired) electrons. The Balaban J connectivity index is 1.87. The maximum absolute atomic E-state index is 12.0. The topological polar surface area (TPSA) is 84.1 Å². The Hall–Kier alpha value is -3.41. The second kappa shape index (κ2) is 7.65. The molecule has 0 saturated carbocycles. The lowest BCUT2D eigenvalue weighted by molar-refractivity contribution is 0.0378. The normalized spacial score (nSPS) is 10.6. The molecule has 0 aliphatic rings. The smallest absolute Gasteiger partial charge is 0.338 e. The Bertz CT molecular complexity index is 965. The van der Waals surface area contributed by atoms with Crippen LogP contribution in [0, 0.1) is 0 Å². The summed E-state index contributed by atoms with van der Waals surface area (Å²) in [5, 5.41) is 3.03. The van der Waals surface area contributed by atoms with Gasteiger partial charge in [0.1, 0.15) is 0 Å². The van der Waals surface area contributed by atoms with Gasteiger partial charge in [0.15, 0.2) is 0 Å². The lowest BCUT2D eigenvalue weighted by Crippen LogP contribution is -2.12. The summed E-state index contributed by atoms with van der Waals surface area (Å²) in [6.07, 6.45) is -0.195. The molecular formula is C20H19N3O3. The van der Waals surface area contributed by atoms with Gasteiger partial charge >= 0.3 is 5.97 Å². The maximum Gasteiger partial charge on any atom is 0.338 e. The minimum Gasteiger partial charge on any atom is -0.459 e. The van der Waals surface area contributed by atoms with Crippen LogP contribution in [0.3, 0.4) is 0 Å². The van der Waals surface area contributed by atoms with E-state index in [-0.39, 0.29) is 11.7 Å². The minimum absolute atomic E-state index is 0.195. The van der Waals surface area contributed by atoms with Crippen LogP contribution < -0.4 is 10.9 Å². The van der Waals surface area contributed by atoms with Crippen LogP contribution >= 0.6 is 0 Å². The van der Waals surface area contributed by atoms with Gasteiger partial charge in [-0.2, -0.15) is 0 Å². The highest BCUT2D eigenvalue weighted by Crippen LogP contribution is 2.19. The second-order valence-corrected chi connectivity index (χ2v) is 6.01. The summed E-state index contributed by atoms with van der Waals surface area (Å²) in [4.78, 5) is 31.1. The number of rotatable bonds is 5. The number of hydrogen-bond donors (Lipinski definition) is 2. The Morgan fingerprint density at radius 1 is 1.08 bits per heavy atom. The summed E-state index contributed by atoms with van der Waals surface area (Å²) >= 11 is 0. The van der Waals surface area contributed by atoms with Crippen molar-refractivity contribution in [3.05, 3.63) is 76.6 Å². The van der Waals surface area contributed by atoms with E-state index in [1.165, 1.54) is 6.07 Å². The highest BCUT2D eigenvalue weighted by molar-refractivity contribution is 5.90. The Kier molecular flexibility index (Phi) is 5.12. The van der Waals surface area contributed by atoms with E-state index in [0.717, 1.165) is 5.56 Å². The number of aromatic nitrogens is 2. The number of ether oxygens (including phenoxy) is 1. The van der Waals surface area contributed by atoms with Crippen molar-refractivity contribution in [1.29, 1.82) is 0 Å². The van der Waals surface area contributed by atoms with Gasteiger partial charge in [0.05, 0.1) is 17.4 Å². The summed E-state index contributed by atoms with van der Waals surface area (Å²) < 4.78 is 5.20. The molecule has 0 bridgehead atoms. The second-order valence-electron chi connectivity index (χ2n) is 6.01. The van der Waals surface area contributed by atoms with Crippen LogP contribution in [0.15, 0.2) is 65.5 Å². The van der Waals surface area contributed by atoms with Crippen LogP contribution in [0.25, 0.3) is 11.3 Å². The van der Waals surface area contributed by atoms with Crippen LogP contribution in [0.1, 0.15) is 24.2 Å².